The highest BCUT2D eigenvalue weighted by Crippen LogP contribution is 2.30. The van der Waals surface area contributed by atoms with Crippen LogP contribution in [0.5, 0.6) is 11.5 Å². The standard InChI is InChI=1S/C16H22N2O3/c1-18(11-12-6-8-17-10-12)16(19)15-7-9-20-13-4-2-3-5-14(13)21-15/h2-5,12,15,17H,6-11H2,1H3/t12-,15?/m0/s1. The fourth-order valence-electron chi connectivity index (χ4n) is 2.92. The highest BCUT2D eigenvalue weighted by Gasteiger charge is 2.29. The minimum atomic E-state index is -0.451. The number of amides is 1. The van der Waals surface area contributed by atoms with Crippen LogP contribution in [0.1, 0.15) is 12.8 Å². The summed E-state index contributed by atoms with van der Waals surface area (Å²) in [6.45, 7) is 3.34. The summed E-state index contributed by atoms with van der Waals surface area (Å²) in [6.07, 6.45) is 1.27. The van der Waals surface area contributed by atoms with Crippen molar-refractivity contribution in [3.63, 3.8) is 0 Å². The number of rotatable bonds is 3. The lowest BCUT2D eigenvalue weighted by atomic mass is 10.1. The van der Waals surface area contributed by atoms with Crippen LogP contribution in [0.25, 0.3) is 0 Å². The molecule has 1 fully saturated rings. The monoisotopic (exact) mass is 290 g/mol. The Morgan fingerprint density at radius 3 is 2.90 bits per heavy atom. The molecule has 1 amide bonds. The van der Waals surface area contributed by atoms with Crippen LogP contribution in [-0.4, -0.2) is 50.2 Å². The molecule has 0 aliphatic carbocycles. The second kappa shape index (κ2) is 6.35. The number of hydrogen-bond donors (Lipinski definition) is 1. The first kappa shape index (κ1) is 14.2. The van der Waals surface area contributed by atoms with Crippen molar-refractivity contribution in [2.24, 2.45) is 5.92 Å². The molecule has 5 nitrogen and oxygen atoms in total. The Balaban J connectivity index is 1.64. The topological polar surface area (TPSA) is 50.8 Å². The fraction of sp³-hybridized carbons (Fsp3) is 0.562. The highest BCUT2D eigenvalue weighted by atomic mass is 16.5. The van der Waals surface area contributed by atoms with Gasteiger partial charge >= 0.3 is 0 Å². The molecule has 2 atom stereocenters. The first-order valence-corrected chi connectivity index (χ1v) is 7.58. The number of fused-ring (bicyclic) bond motifs is 1. The lowest BCUT2D eigenvalue weighted by Crippen LogP contribution is -2.42. The molecule has 0 saturated carbocycles. The van der Waals surface area contributed by atoms with E-state index in [4.69, 9.17) is 9.47 Å². The maximum Gasteiger partial charge on any atom is 0.263 e. The van der Waals surface area contributed by atoms with E-state index in [9.17, 15) is 4.79 Å². The molecule has 0 spiro atoms. The fourth-order valence-corrected chi connectivity index (χ4v) is 2.92. The molecule has 114 valence electrons. The third kappa shape index (κ3) is 3.29. The molecule has 3 rings (SSSR count). The van der Waals surface area contributed by atoms with Gasteiger partial charge in [0.1, 0.15) is 0 Å². The molecule has 2 heterocycles. The largest absolute Gasteiger partial charge is 0.490 e. The number of para-hydroxylation sites is 2. The van der Waals surface area contributed by atoms with Gasteiger partial charge < -0.3 is 19.7 Å². The zero-order valence-corrected chi connectivity index (χ0v) is 12.4. The summed E-state index contributed by atoms with van der Waals surface area (Å²) in [6, 6.07) is 7.52. The van der Waals surface area contributed by atoms with E-state index in [1.165, 1.54) is 0 Å². The highest BCUT2D eigenvalue weighted by molar-refractivity contribution is 5.81. The molecule has 1 aromatic carbocycles. The number of carbonyl (C=O) groups is 1. The molecule has 0 radical (unpaired) electrons. The van der Waals surface area contributed by atoms with E-state index in [-0.39, 0.29) is 5.91 Å². The normalized spacial score (nSPS) is 24.4. The van der Waals surface area contributed by atoms with E-state index in [1.54, 1.807) is 4.90 Å². The zero-order chi connectivity index (χ0) is 14.7. The second-order valence-corrected chi connectivity index (χ2v) is 5.77. The Bertz CT molecular complexity index is 500. The molecule has 1 aromatic rings. The van der Waals surface area contributed by atoms with Gasteiger partial charge in [-0.1, -0.05) is 12.1 Å². The van der Waals surface area contributed by atoms with Crippen molar-refractivity contribution in [2.75, 3.05) is 33.3 Å². The third-order valence-corrected chi connectivity index (χ3v) is 4.10. The van der Waals surface area contributed by atoms with Crippen LogP contribution in [0.15, 0.2) is 24.3 Å². The van der Waals surface area contributed by atoms with Crippen molar-refractivity contribution in [3.8, 4) is 11.5 Å². The van der Waals surface area contributed by atoms with Crippen molar-refractivity contribution in [2.45, 2.75) is 18.9 Å². The van der Waals surface area contributed by atoms with Gasteiger partial charge in [-0.3, -0.25) is 4.79 Å². The van der Waals surface area contributed by atoms with Crippen LogP contribution in [0.2, 0.25) is 0 Å². The summed E-state index contributed by atoms with van der Waals surface area (Å²) in [4.78, 5) is 14.4. The van der Waals surface area contributed by atoms with Crippen LogP contribution in [0.3, 0.4) is 0 Å². The number of benzene rings is 1. The predicted molar refractivity (Wildman–Crippen MR) is 79.6 cm³/mol. The van der Waals surface area contributed by atoms with Gasteiger partial charge in [-0.2, -0.15) is 0 Å². The predicted octanol–water partition coefficient (Wildman–Crippen LogP) is 1.28. The van der Waals surface area contributed by atoms with E-state index in [1.807, 2.05) is 31.3 Å². The number of carbonyl (C=O) groups excluding carboxylic acids is 1. The summed E-state index contributed by atoms with van der Waals surface area (Å²) in [7, 11) is 1.86. The Morgan fingerprint density at radius 1 is 1.33 bits per heavy atom. The summed E-state index contributed by atoms with van der Waals surface area (Å²) < 4.78 is 11.5. The first-order valence-electron chi connectivity index (χ1n) is 7.58. The number of likely N-dealkylation sites (N-methyl/N-ethyl adjacent to an activating group) is 1. The minimum Gasteiger partial charge on any atom is -0.490 e. The van der Waals surface area contributed by atoms with Crippen LogP contribution in [-0.2, 0) is 4.79 Å². The molecule has 0 aromatic heterocycles. The van der Waals surface area contributed by atoms with Crippen LogP contribution in [0, 0.1) is 5.92 Å². The van der Waals surface area contributed by atoms with Crippen molar-refractivity contribution < 1.29 is 14.3 Å². The molecular formula is C16H22N2O3. The minimum absolute atomic E-state index is 0.0437. The number of ether oxygens (including phenoxy) is 2. The quantitative estimate of drug-likeness (QED) is 0.911. The summed E-state index contributed by atoms with van der Waals surface area (Å²) in [5.41, 5.74) is 0. The van der Waals surface area contributed by atoms with Crippen molar-refractivity contribution in [1.29, 1.82) is 0 Å². The smallest absolute Gasteiger partial charge is 0.263 e. The molecular weight excluding hydrogens is 268 g/mol. The number of nitrogens with zero attached hydrogens (tertiary/aromatic N) is 1. The van der Waals surface area contributed by atoms with E-state index < -0.39 is 6.10 Å². The van der Waals surface area contributed by atoms with Crippen molar-refractivity contribution in [3.05, 3.63) is 24.3 Å². The molecule has 0 bridgehead atoms. The Labute approximate surface area is 125 Å². The van der Waals surface area contributed by atoms with Crippen LogP contribution >= 0.6 is 0 Å². The number of nitrogens with one attached hydrogen (secondary N) is 1. The van der Waals surface area contributed by atoms with Crippen LogP contribution < -0.4 is 14.8 Å². The van der Waals surface area contributed by atoms with E-state index in [2.05, 4.69) is 5.32 Å². The average Bonchev–Trinajstić information content (AvgIpc) is 2.90. The van der Waals surface area contributed by atoms with Gasteiger partial charge in [0.05, 0.1) is 6.61 Å². The van der Waals surface area contributed by atoms with Crippen molar-refractivity contribution in [1.82, 2.24) is 10.2 Å². The zero-order valence-electron chi connectivity index (χ0n) is 12.4. The van der Waals surface area contributed by atoms with E-state index >= 15 is 0 Å². The average molecular weight is 290 g/mol. The van der Waals surface area contributed by atoms with Gasteiger partial charge in [0.15, 0.2) is 17.6 Å². The molecule has 1 N–H and O–H groups in total. The molecule has 5 heteroatoms. The molecule has 1 unspecified atom stereocenters. The van der Waals surface area contributed by atoms with Crippen molar-refractivity contribution >= 4 is 5.91 Å². The Kier molecular flexibility index (Phi) is 4.29. The third-order valence-electron chi connectivity index (χ3n) is 4.10. The van der Waals surface area contributed by atoms with Gasteiger partial charge in [-0.15, -0.1) is 0 Å². The SMILES string of the molecule is CN(C[C@H]1CCNC1)C(=O)C1CCOc2ccccc2O1. The van der Waals surface area contributed by atoms with Gasteiger partial charge in [-0.05, 0) is 37.6 Å². The Morgan fingerprint density at radius 2 is 2.14 bits per heavy atom. The van der Waals surface area contributed by atoms with E-state index in [0.29, 0.717) is 24.7 Å². The van der Waals surface area contributed by atoms with Crippen LogP contribution in [0.4, 0.5) is 0 Å². The molecule has 21 heavy (non-hydrogen) atoms. The lowest BCUT2D eigenvalue weighted by molar-refractivity contribution is -0.138. The number of hydrogen-bond acceptors (Lipinski definition) is 4. The molecule has 2 aliphatic rings. The molecule has 2 aliphatic heterocycles. The maximum atomic E-state index is 12.6. The second-order valence-electron chi connectivity index (χ2n) is 5.77. The van der Waals surface area contributed by atoms with Gasteiger partial charge in [0.2, 0.25) is 0 Å². The van der Waals surface area contributed by atoms with Gasteiger partial charge in [0, 0.05) is 20.0 Å². The lowest BCUT2D eigenvalue weighted by Gasteiger charge is -2.25. The maximum absolute atomic E-state index is 12.6. The summed E-state index contributed by atoms with van der Waals surface area (Å²) in [5, 5.41) is 3.33. The first-order chi connectivity index (χ1) is 10.2. The summed E-state index contributed by atoms with van der Waals surface area (Å²) >= 11 is 0. The van der Waals surface area contributed by atoms with Gasteiger partial charge in [-0.25, -0.2) is 0 Å². The Hall–Kier alpha value is -1.75. The molecule has 1 saturated heterocycles. The summed E-state index contributed by atoms with van der Waals surface area (Å²) in [5.74, 6) is 1.97. The van der Waals surface area contributed by atoms with E-state index in [0.717, 1.165) is 31.8 Å². The van der Waals surface area contributed by atoms with Gasteiger partial charge in [0.25, 0.3) is 5.91 Å².